The first-order valence-corrected chi connectivity index (χ1v) is 9.10. The number of rotatable bonds is 5. The van der Waals surface area contributed by atoms with Gasteiger partial charge in [-0.2, -0.15) is 0 Å². The molecule has 1 heterocycles. The van der Waals surface area contributed by atoms with Gasteiger partial charge in [-0.1, -0.05) is 19.3 Å². The summed E-state index contributed by atoms with van der Waals surface area (Å²) in [5.74, 6) is 0.581. The van der Waals surface area contributed by atoms with Crippen LogP contribution in [-0.2, 0) is 4.79 Å². The molecule has 3 N–H and O–H groups in total. The summed E-state index contributed by atoms with van der Waals surface area (Å²) >= 11 is 0. The van der Waals surface area contributed by atoms with Crippen molar-refractivity contribution in [2.24, 2.45) is 11.7 Å². The average Bonchev–Trinajstić information content (AvgIpc) is 3.06. The molecule has 1 aliphatic carbocycles. The maximum absolute atomic E-state index is 12.5. The van der Waals surface area contributed by atoms with E-state index in [1.165, 1.54) is 19.3 Å². The van der Waals surface area contributed by atoms with Gasteiger partial charge in [0.15, 0.2) is 0 Å². The Morgan fingerprint density at radius 3 is 2.46 bits per heavy atom. The molecule has 1 unspecified atom stereocenters. The molecule has 5 nitrogen and oxygen atoms in total. The summed E-state index contributed by atoms with van der Waals surface area (Å²) in [6.07, 6.45) is 7.57. The third-order valence-electron chi connectivity index (χ3n) is 5.30. The van der Waals surface area contributed by atoms with Gasteiger partial charge < -0.3 is 16.0 Å². The van der Waals surface area contributed by atoms with E-state index in [1.807, 2.05) is 12.1 Å². The number of carbonyl (C=O) groups is 2. The van der Waals surface area contributed by atoms with Crippen molar-refractivity contribution in [2.45, 2.75) is 51.0 Å². The molecule has 1 saturated carbocycles. The number of nitrogens with zero attached hydrogens (tertiary/aromatic N) is 1. The van der Waals surface area contributed by atoms with Crippen LogP contribution in [0, 0.1) is 5.92 Å². The Kier molecular flexibility index (Phi) is 5.51. The Hall–Kier alpha value is -1.88. The minimum atomic E-state index is -0.0738. The van der Waals surface area contributed by atoms with Crippen LogP contribution in [0.25, 0.3) is 0 Å². The van der Waals surface area contributed by atoms with Crippen molar-refractivity contribution in [3.8, 4) is 0 Å². The van der Waals surface area contributed by atoms with E-state index in [4.69, 9.17) is 5.73 Å². The molecule has 3 rings (SSSR count). The molecule has 5 heteroatoms. The molecule has 2 amide bonds. The Bertz CT molecular complexity index is 579. The molecule has 2 fully saturated rings. The van der Waals surface area contributed by atoms with Crippen LogP contribution in [0.1, 0.15) is 55.3 Å². The number of amides is 2. The molecule has 2 aliphatic rings. The second-order valence-corrected chi connectivity index (χ2v) is 6.91. The van der Waals surface area contributed by atoms with Crippen LogP contribution in [0.4, 0.5) is 5.69 Å². The Labute approximate surface area is 143 Å². The molecule has 1 aromatic carbocycles. The lowest BCUT2D eigenvalue weighted by Crippen LogP contribution is -2.45. The van der Waals surface area contributed by atoms with E-state index >= 15 is 0 Å². The normalized spacial score (nSPS) is 20.2. The molecular formula is C19H27N3O2. The summed E-state index contributed by atoms with van der Waals surface area (Å²) < 4.78 is 0. The Morgan fingerprint density at radius 2 is 1.88 bits per heavy atom. The lowest BCUT2D eigenvalue weighted by molar-refractivity contribution is -0.117. The highest BCUT2D eigenvalue weighted by atomic mass is 16.2. The van der Waals surface area contributed by atoms with Crippen LogP contribution >= 0.6 is 0 Å². The highest BCUT2D eigenvalue weighted by Crippen LogP contribution is 2.26. The highest BCUT2D eigenvalue weighted by Gasteiger charge is 2.25. The van der Waals surface area contributed by atoms with Crippen molar-refractivity contribution in [3.05, 3.63) is 29.8 Å². The van der Waals surface area contributed by atoms with Crippen molar-refractivity contribution < 1.29 is 9.59 Å². The molecule has 1 atom stereocenters. The zero-order chi connectivity index (χ0) is 16.9. The van der Waals surface area contributed by atoms with Crippen molar-refractivity contribution in [1.29, 1.82) is 0 Å². The predicted molar refractivity (Wildman–Crippen MR) is 94.9 cm³/mol. The zero-order valence-electron chi connectivity index (χ0n) is 14.2. The standard InChI is InChI=1S/C19H27N3O2/c20-13-17(14-5-2-1-3-6-14)21-19(24)15-8-10-16(11-9-15)22-12-4-7-18(22)23/h8-11,14,17H,1-7,12-13,20H2,(H,21,24). The average molecular weight is 329 g/mol. The first kappa shape index (κ1) is 17.0. The maximum atomic E-state index is 12.5. The molecular weight excluding hydrogens is 302 g/mol. The molecule has 1 aliphatic heterocycles. The molecule has 1 saturated heterocycles. The fourth-order valence-corrected chi connectivity index (χ4v) is 3.87. The second-order valence-electron chi connectivity index (χ2n) is 6.91. The second kappa shape index (κ2) is 7.79. The number of carbonyl (C=O) groups excluding carboxylic acids is 2. The van der Waals surface area contributed by atoms with Gasteiger partial charge in [0.05, 0.1) is 0 Å². The maximum Gasteiger partial charge on any atom is 0.251 e. The summed E-state index contributed by atoms with van der Waals surface area (Å²) in [5, 5.41) is 3.11. The van der Waals surface area contributed by atoms with E-state index in [0.717, 1.165) is 31.5 Å². The van der Waals surface area contributed by atoms with Crippen LogP contribution in [0.3, 0.4) is 0 Å². The van der Waals surface area contributed by atoms with Gasteiger partial charge in [-0.05, 0) is 49.4 Å². The van der Waals surface area contributed by atoms with Crippen LogP contribution < -0.4 is 16.0 Å². The van der Waals surface area contributed by atoms with Crippen molar-refractivity contribution >= 4 is 17.5 Å². The number of nitrogens with one attached hydrogen (secondary N) is 1. The van der Waals surface area contributed by atoms with E-state index in [1.54, 1.807) is 17.0 Å². The van der Waals surface area contributed by atoms with Gasteiger partial charge in [0.1, 0.15) is 0 Å². The molecule has 130 valence electrons. The summed E-state index contributed by atoms with van der Waals surface area (Å²) in [4.78, 5) is 26.1. The van der Waals surface area contributed by atoms with Crippen LogP contribution in [0.5, 0.6) is 0 Å². The van der Waals surface area contributed by atoms with Gasteiger partial charge in [0.2, 0.25) is 5.91 Å². The monoisotopic (exact) mass is 329 g/mol. The van der Waals surface area contributed by atoms with Crippen LogP contribution in [0.15, 0.2) is 24.3 Å². The summed E-state index contributed by atoms with van der Waals surface area (Å²) in [5.41, 5.74) is 7.39. The summed E-state index contributed by atoms with van der Waals surface area (Å²) in [6, 6.07) is 7.36. The summed E-state index contributed by atoms with van der Waals surface area (Å²) in [6.45, 7) is 1.25. The lowest BCUT2D eigenvalue weighted by Gasteiger charge is -2.30. The molecule has 0 bridgehead atoms. The van der Waals surface area contributed by atoms with Crippen molar-refractivity contribution in [2.75, 3.05) is 18.0 Å². The number of hydrogen-bond acceptors (Lipinski definition) is 3. The molecule has 1 aromatic rings. The molecule has 24 heavy (non-hydrogen) atoms. The number of anilines is 1. The minimum Gasteiger partial charge on any atom is -0.348 e. The quantitative estimate of drug-likeness (QED) is 0.871. The topological polar surface area (TPSA) is 75.4 Å². The molecule has 0 aromatic heterocycles. The first-order chi connectivity index (χ1) is 11.7. The van der Waals surface area contributed by atoms with E-state index in [0.29, 0.717) is 24.4 Å². The van der Waals surface area contributed by atoms with Crippen molar-refractivity contribution in [3.63, 3.8) is 0 Å². The van der Waals surface area contributed by atoms with Gasteiger partial charge in [0.25, 0.3) is 5.91 Å². The fourth-order valence-electron chi connectivity index (χ4n) is 3.87. The Balaban J connectivity index is 1.62. The zero-order valence-corrected chi connectivity index (χ0v) is 14.2. The van der Waals surface area contributed by atoms with E-state index in [-0.39, 0.29) is 17.9 Å². The van der Waals surface area contributed by atoms with Gasteiger partial charge in [-0.25, -0.2) is 0 Å². The van der Waals surface area contributed by atoms with Gasteiger partial charge in [-0.15, -0.1) is 0 Å². The van der Waals surface area contributed by atoms with Crippen LogP contribution in [0.2, 0.25) is 0 Å². The summed E-state index contributed by atoms with van der Waals surface area (Å²) in [7, 11) is 0. The lowest BCUT2D eigenvalue weighted by atomic mass is 9.84. The Morgan fingerprint density at radius 1 is 1.17 bits per heavy atom. The van der Waals surface area contributed by atoms with E-state index in [9.17, 15) is 9.59 Å². The highest BCUT2D eigenvalue weighted by molar-refractivity contribution is 5.97. The van der Waals surface area contributed by atoms with Gasteiger partial charge in [0, 0.05) is 36.8 Å². The minimum absolute atomic E-state index is 0.0534. The number of benzene rings is 1. The molecule has 0 spiro atoms. The van der Waals surface area contributed by atoms with Crippen molar-refractivity contribution in [1.82, 2.24) is 5.32 Å². The van der Waals surface area contributed by atoms with Gasteiger partial charge >= 0.3 is 0 Å². The number of hydrogen-bond donors (Lipinski definition) is 2. The SMILES string of the molecule is NCC(NC(=O)c1ccc(N2CCCC2=O)cc1)C1CCCCC1. The predicted octanol–water partition coefficient (Wildman–Crippen LogP) is 2.45. The van der Waals surface area contributed by atoms with E-state index < -0.39 is 0 Å². The fraction of sp³-hybridized carbons (Fsp3) is 0.579. The van der Waals surface area contributed by atoms with Crippen LogP contribution in [-0.4, -0.2) is 30.9 Å². The third kappa shape index (κ3) is 3.78. The smallest absolute Gasteiger partial charge is 0.251 e. The third-order valence-corrected chi connectivity index (χ3v) is 5.30. The largest absolute Gasteiger partial charge is 0.348 e. The van der Waals surface area contributed by atoms with E-state index in [2.05, 4.69) is 5.32 Å². The molecule has 0 radical (unpaired) electrons. The first-order valence-electron chi connectivity index (χ1n) is 9.10. The van der Waals surface area contributed by atoms with Gasteiger partial charge in [-0.3, -0.25) is 9.59 Å². The number of nitrogens with two attached hydrogens (primary N) is 1.